The number of nitrogens with two attached hydrogens (primary N) is 1. The standard InChI is InChI=1S/C14H18ClN3O2/c1-3-4-14-17-13(18-20-14)8-19-12-6-5-10(9(2)16)7-11(12)15/h5-7,9H,3-4,8,16H2,1-2H3/t9-/m0/s1. The summed E-state index contributed by atoms with van der Waals surface area (Å²) in [6.07, 6.45) is 1.74. The highest BCUT2D eigenvalue weighted by Crippen LogP contribution is 2.27. The normalized spacial score (nSPS) is 12.4. The fraction of sp³-hybridized carbons (Fsp3) is 0.429. The predicted octanol–water partition coefficient (Wildman–Crippen LogP) is 3.27. The maximum atomic E-state index is 6.15. The minimum Gasteiger partial charge on any atom is -0.484 e. The lowest BCUT2D eigenvalue weighted by atomic mass is 10.1. The van der Waals surface area contributed by atoms with Gasteiger partial charge in [0.25, 0.3) is 0 Å². The van der Waals surface area contributed by atoms with Crippen LogP contribution in [0.4, 0.5) is 0 Å². The molecule has 0 spiro atoms. The molecule has 0 amide bonds. The summed E-state index contributed by atoms with van der Waals surface area (Å²) in [5.74, 6) is 1.73. The predicted molar refractivity (Wildman–Crippen MR) is 76.7 cm³/mol. The summed E-state index contributed by atoms with van der Waals surface area (Å²) in [5, 5.41) is 4.38. The zero-order valence-corrected chi connectivity index (χ0v) is 12.4. The Kier molecular flexibility index (Phi) is 4.98. The molecule has 0 aliphatic rings. The van der Waals surface area contributed by atoms with Crippen LogP contribution in [-0.4, -0.2) is 10.1 Å². The minimum absolute atomic E-state index is 0.0599. The highest BCUT2D eigenvalue weighted by atomic mass is 35.5. The molecule has 2 rings (SSSR count). The third kappa shape index (κ3) is 3.71. The minimum atomic E-state index is -0.0599. The fourth-order valence-electron chi connectivity index (χ4n) is 1.72. The van der Waals surface area contributed by atoms with Crippen LogP contribution in [0.2, 0.25) is 5.02 Å². The van der Waals surface area contributed by atoms with Crippen molar-refractivity contribution in [2.75, 3.05) is 0 Å². The van der Waals surface area contributed by atoms with Gasteiger partial charge in [0.05, 0.1) is 5.02 Å². The fourth-order valence-corrected chi connectivity index (χ4v) is 1.97. The molecule has 0 radical (unpaired) electrons. The van der Waals surface area contributed by atoms with Crippen molar-refractivity contribution in [2.45, 2.75) is 39.3 Å². The maximum absolute atomic E-state index is 6.15. The Bertz CT molecular complexity index is 569. The molecule has 0 bridgehead atoms. The summed E-state index contributed by atoms with van der Waals surface area (Å²) in [7, 11) is 0. The molecule has 0 saturated carbocycles. The molecule has 20 heavy (non-hydrogen) atoms. The highest BCUT2D eigenvalue weighted by Gasteiger charge is 2.09. The van der Waals surface area contributed by atoms with Gasteiger partial charge in [-0.05, 0) is 31.0 Å². The van der Waals surface area contributed by atoms with Gasteiger partial charge in [-0.1, -0.05) is 29.7 Å². The smallest absolute Gasteiger partial charge is 0.226 e. The van der Waals surface area contributed by atoms with Gasteiger partial charge in [-0.15, -0.1) is 0 Å². The summed E-state index contributed by atoms with van der Waals surface area (Å²) in [4.78, 5) is 4.22. The van der Waals surface area contributed by atoms with Crippen LogP contribution >= 0.6 is 11.6 Å². The number of nitrogens with zero attached hydrogens (tertiary/aromatic N) is 2. The molecule has 0 saturated heterocycles. The van der Waals surface area contributed by atoms with Crippen LogP contribution in [0.25, 0.3) is 0 Å². The molecular weight excluding hydrogens is 278 g/mol. The van der Waals surface area contributed by atoms with Gasteiger partial charge in [-0.25, -0.2) is 0 Å². The lowest BCUT2D eigenvalue weighted by Crippen LogP contribution is -2.05. The lowest BCUT2D eigenvalue weighted by molar-refractivity contribution is 0.285. The average Bonchev–Trinajstić information content (AvgIpc) is 2.85. The first-order valence-corrected chi connectivity index (χ1v) is 6.97. The second-order valence-corrected chi connectivity index (χ2v) is 5.03. The molecule has 0 unspecified atom stereocenters. The van der Waals surface area contributed by atoms with Gasteiger partial charge in [0, 0.05) is 12.5 Å². The quantitative estimate of drug-likeness (QED) is 0.885. The monoisotopic (exact) mass is 295 g/mol. The van der Waals surface area contributed by atoms with Crippen molar-refractivity contribution in [3.63, 3.8) is 0 Å². The molecular formula is C14H18ClN3O2. The van der Waals surface area contributed by atoms with E-state index in [9.17, 15) is 0 Å². The Labute approximate surface area is 123 Å². The molecule has 5 nitrogen and oxygen atoms in total. The Morgan fingerprint density at radius 2 is 2.25 bits per heavy atom. The number of rotatable bonds is 6. The van der Waals surface area contributed by atoms with Crippen molar-refractivity contribution in [3.8, 4) is 5.75 Å². The van der Waals surface area contributed by atoms with Gasteiger partial charge in [0.2, 0.25) is 11.7 Å². The van der Waals surface area contributed by atoms with Crippen LogP contribution in [0.1, 0.15) is 43.6 Å². The lowest BCUT2D eigenvalue weighted by Gasteiger charge is -2.10. The first-order valence-electron chi connectivity index (χ1n) is 6.59. The van der Waals surface area contributed by atoms with E-state index in [1.165, 1.54) is 0 Å². The Hall–Kier alpha value is -1.59. The molecule has 2 N–H and O–H groups in total. The summed E-state index contributed by atoms with van der Waals surface area (Å²) < 4.78 is 10.7. The number of benzene rings is 1. The number of halogens is 1. The van der Waals surface area contributed by atoms with Crippen LogP contribution in [0.3, 0.4) is 0 Å². The van der Waals surface area contributed by atoms with E-state index in [-0.39, 0.29) is 12.6 Å². The van der Waals surface area contributed by atoms with Crippen molar-refractivity contribution >= 4 is 11.6 Å². The zero-order valence-electron chi connectivity index (χ0n) is 11.6. The zero-order chi connectivity index (χ0) is 14.5. The summed E-state index contributed by atoms with van der Waals surface area (Å²) >= 11 is 6.15. The third-order valence-corrected chi connectivity index (χ3v) is 3.11. The van der Waals surface area contributed by atoms with Gasteiger partial charge < -0.3 is 15.0 Å². The Balaban J connectivity index is 1.99. The second-order valence-electron chi connectivity index (χ2n) is 4.62. The summed E-state index contributed by atoms with van der Waals surface area (Å²) in [6.45, 7) is 4.19. The number of ether oxygens (including phenoxy) is 1. The molecule has 1 aromatic carbocycles. The van der Waals surface area contributed by atoms with Crippen LogP contribution in [0.5, 0.6) is 5.75 Å². The first-order chi connectivity index (χ1) is 9.60. The van der Waals surface area contributed by atoms with E-state index in [0.29, 0.717) is 22.5 Å². The van der Waals surface area contributed by atoms with Crippen LogP contribution < -0.4 is 10.5 Å². The van der Waals surface area contributed by atoms with E-state index in [1.54, 1.807) is 12.1 Å². The van der Waals surface area contributed by atoms with E-state index in [2.05, 4.69) is 17.1 Å². The summed E-state index contributed by atoms with van der Waals surface area (Å²) in [6, 6.07) is 5.44. The SMILES string of the molecule is CCCc1nc(COc2ccc([C@H](C)N)cc2Cl)no1. The number of aromatic nitrogens is 2. The Morgan fingerprint density at radius 3 is 2.90 bits per heavy atom. The van der Waals surface area contributed by atoms with E-state index >= 15 is 0 Å². The van der Waals surface area contributed by atoms with Crippen LogP contribution in [0.15, 0.2) is 22.7 Å². The number of aryl methyl sites for hydroxylation is 1. The molecule has 1 atom stereocenters. The molecule has 108 valence electrons. The largest absolute Gasteiger partial charge is 0.484 e. The van der Waals surface area contributed by atoms with E-state index in [4.69, 9.17) is 26.6 Å². The molecule has 2 aromatic rings. The molecule has 0 aliphatic heterocycles. The van der Waals surface area contributed by atoms with Crippen LogP contribution in [0, 0.1) is 0 Å². The molecule has 0 aliphatic carbocycles. The average molecular weight is 296 g/mol. The van der Waals surface area contributed by atoms with Gasteiger partial charge in [-0.2, -0.15) is 4.98 Å². The highest BCUT2D eigenvalue weighted by molar-refractivity contribution is 6.32. The van der Waals surface area contributed by atoms with Gasteiger partial charge >= 0.3 is 0 Å². The number of hydrogen-bond donors (Lipinski definition) is 1. The van der Waals surface area contributed by atoms with Crippen molar-refractivity contribution < 1.29 is 9.26 Å². The van der Waals surface area contributed by atoms with Gasteiger partial charge in [0.1, 0.15) is 5.75 Å². The van der Waals surface area contributed by atoms with Crippen molar-refractivity contribution in [2.24, 2.45) is 5.73 Å². The topological polar surface area (TPSA) is 74.2 Å². The van der Waals surface area contributed by atoms with Crippen molar-refractivity contribution in [1.82, 2.24) is 10.1 Å². The first kappa shape index (κ1) is 14.8. The molecule has 6 heteroatoms. The number of hydrogen-bond acceptors (Lipinski definition) is 5. The summed E-state index contributed by atoms with van der Waals surface area (Å²) in [5.41, 5.74) is 6.76. The maximum Gasteiger partial charge on any atom is 0.226 e. The molecule has 1 heterocycles. The van der Waals surface area contributed by atoms with Crippen molar-refractivity contribution in [1.29, 1.82) is 0 Å². The Morgan fingerprint density at radius 1 is 1.45 bits per heavy atom. The third-order valence-electron chi connectivity index (χ3n) is 2.81. The van der Waals surface area contributed by atoms with Gasteiger partial charge in [-0.3, -0.25) is 0 Å². The van der Waals surface area contributed by atoms with Crippen LogP contribution in [-0.2, 0) is 13.0 Å². The molecule has 1 aromatic heterocycles. The van der Waals surface area contributed by atoms with E-state index in [0.717, 1.165) is 18.4 Å². The molecule has 0 fully saturated rings. The second kappa shape index (κ2) is 6.72. The van der Waals surface area contributed by atoms with E-state index in [1.807, 2.05) is 13.0 Å². The van der Waals surface area contributed by atoms with Crippen molar-refractivity contribution in [3.05, 3.63) is 40.5 Å². The van der Waals surface area contributed by atoms with Gasteiger partial charge in [0.15, 0.2) is 6.61 Å². The van der Waals surface area contributed by atoms with E-state index < -0.39 is 0 Å².